The van der Waals surface area contributed by atoms with E-state index in [2.05, 4.69) is 20.6 Å². The van der Waals surface area contributed by atoms with Gasteiger partial charge in [0.2, 0.25) is 5.91 Å². The van der Waals surface area contributed by atoms with Crippen molar-refractivity contribution in [2.75, 3.05) is 11.6 Å². The number of thiophene rings is 1. The number of nitrogens with one attached hydrogen (secondary N) is 2. The van der Waals surface area contributed by atoms with E-state index in [4.69, 9.17) is 0 Å². The molecule has 0 unspecified atom stereocenters. The van der Waals surface area contributed by atoms with Crippen LogP contribution in [0.15, 0.2) is 59.3 Å². The van der Waals surface area contributed by atoms with Crippen LogP contribution in [0.5, 0.6) is 0 Å². The second-order valence-corrected chi connectivity index (χ2v) is 9.30. The molecule has 1 aromatic carbocycles. The summed E-state index contributed by atoms with van der Waals surface area (Å²) in [5.41, 5.74) is 2.22. The zero-order valence-electron chi connectivity index (χ0n) is 16.8. The fraction of sp³-hybridized carbons (Fsp3) is 0.143. The highest BCUT2D eigenvalue weighted by Crippen LogP contribution is 2.31. The highest BCUT2D eigenvalue weighted by molar-refractivity contribution is 7.98. The first-order valence-corrected chi connectivity index (χ1v) is 12.2. The molecule has 2 amide bonds. The molecule has 0 atom stereocenters. The molecule has 0 aliphatic rings. The largest absolute Gasteiger partial charge is 0.351 e. The van der Waals surface area contributed by atoms with E-state index in [1.807, 2.05) is 52.7 Å². The van der Waals surface area contributed by atoms with Gasteiger partial charge < -0.3 is 5.32 Å². The SMILES string of the molecule is CSc1nccn1-c1cccc(C(=O)Nc2nc(-c3ccc(CNC(C)=O)s3)cs2)c1. The number of anilines is 1. The average molecular weight is 470 g/mol. The van der Waals surface area contributed by atoms with Crippen LogP contribution in [0.1, 0.15) is 22.2 Å². The van der Waals surface area contributed by atoms with Crippen LogP contribution in [-0.2, 0) is 11.3 Å². The molecule has 158 valence electrons. The van der Waals surface area contributed by atoms with E-state index in [9.17, 15) is 9.59 Å². The Morgan fingerprint density at radius 1 is 1.23 bits per heavy atom. The molecule has 0 aliphatic carbocycles. The van der Waals surface area contributed by atoms with Crippen molar-refractivity contribution in [2.45, 2.75) is 18.6 Å². The maximum Gasteiger partial charge on any atom is 0.257 e. The number of thiazole rings is 1. The van der Waals surface area contributed by atoms with Crippen molar-refractivity contribution in [2.24, 2.45) is 0 Å². The maximum atomic E-state index is 12.8. The van der Waals surface area contributed by atoms with Gasteiger partial charge in [-0.1, -0.05) is 17.8 Å². The first-order chi connectivity index (χ1) is 15.0. The minimum Gasteiger partial charge on any atom is -0.351 e. The van der Waals surface area contributed by atoms with E-state index in [0.717, 1.165) is 26.3 Å². The molecular formula is C21H19N5O2S3. The predicted molar refractivity (Wildman–Crippen MR) is 126 cm³/mol. The number of carbonyl (C=O) groups excluding carboxylic acids is 2. The van der Waals surface area contributed by atoms with Gasteiger partial charge in [0.15, 0.2) is 10.3 Å². The van der Waals surface area contributed by atoms with Gasteiger partial charge in [-0.05, 0) is 36.6 Å². The zero-order valence-corrected chi connectivity index (χ0v) is 19.2. The molecule has 7 nitrogen and oxygen atoms in total. The van der Waals surface area contributed by atoms with Gasteiger partial charge in [0.1, 0.15) is 0 Å². The van der Waals surface area contributed by atoms with Crippen LogP contribution in [-0.4, -0.2) is 32.6 Å². The van der Waals surface area contributed by atoms with Crippen molar-refractivity contribution in [1.29, 1.82) is 0 Å². The Kier molecular flexibility index (Phi) is 6.50. The minimum atomic E-state index is -0.217. The van der Waals surface area contributed by atoms with E-state index in [0.29, 0.717) is 17.2 Å². The molecule has 4 aromatic rings. The number of hydrogen-bond acceptors (Lipinski definition) is 7. The van der Waals surface area contributed by atoms with Crippen molar-refractivity contribution in [3.05, 3.63) is 64.6 Å². The van der Waals surface area contributed by atoms with Gasteiger partial charge in [-0.15, -0.1) is 22.7 Å². The van der Waals surface area contributed by atoms with Gasteiger partial charge in [-0.25, -0.2) is 9.97 Å². The van der Waals surface area contributed by atoms with Gasteiger partial charge in [-0.2, -0.15) is 0 Å². The molecule has 0 aliphatic heterocycles. The van der Waals surface area contributed by atoms with Crippen LogP contribution >= 0.6 is 34.4 Å². The lowest BCUT2D eigenvalue weighted by Gasteiger charge is -2.08. The molecule has 0 radical (unpaired) electrons. The summed E-state index contributed by atoms with van der Waals surface area (Å²) in [7, 11) is 0. The number of rotatable bonds is 7. The van der Waals surface area contributed by atoms with Gasteiger partial charge in [0, 0.05) is 40.8 Å². The Labute approximate surface area is 191 Å². The fourth-order valence-corrected chi connectivity index (χ4v) is 5.09. The van der Waals surface area contributed by atoms with Gasteiger partial charge in [-0.3, -0.25) is 19.5 Å². The highest BCUT2D eigenvalue weighted by Gasteiger charge is 2.13. The van der Waals surface area contributed by atoms with E-state index in [-0.39, 0.29) is 11.8 Å². The number of nitrogens with zero attached hydrogens (tertiary/aromatic N) is 3. The van der Waals surface area contributed by atoms with Crippen molar-refractivity contribution < 1.29 is 9.59 Å². The first-order valence-electron chi connectivity index (χ1n) is 9.31. The normalized spacial score (nSPS) is 10.8. The summed E-state index contributed by atoms with van der Waals surface area (Å²) in [6, 6.07) is 11.3. The van der Waals surface area contributed by atoms with Crippen LogP contribution in [0, 0.1) is 0 Å². The molecule has 3 heterocycles. The fourth-order valence-electron chi connectivity index (χ4n) is 2.87. The lowest BCUT2D eigenvalue weighted by Crippen LogP contribution is -2.17. The third kappa shape index (κ3) is 5.04. The molecule has 3 aromatic heterocycles. The van der Waals surface area contributed by atoms with Crippen LogP contribution in [0.3, 0.4) is 0 Å². The lowest BCUT2D eigenvalue weighted by molar-refractivity contribution is -0.119. The molecule has 31 heavy (non-hydrogen) atoms. The highest BCUT2D eigenvalue weighted by atomic mass is 32.2. The third-order valence-electron chi connectivity index (χ3n) is 4.33. The van der Waals surface area contributed by atoms with Crippen LogP contribution in [0.2, 0.25) is 0 Å². The standard InChI is InChI=1S/C21H19N5O2S3/c1-13(27)23-11-16-6-7-18(31-16)17-12-30-20(24-17)25-19(28)14-4-3-5-15(10-14)26-9-8-22-21(26)29-2/h3-10,12H,11H2,1-2H3,(H,23,27)(H,24,25,28). The summed E-state index contributed by atoms with van der Waals surface area (Å²) < 4.78 is 1.94. The monoisotopic (exact) mass is 469 g/mol. The number of aromatic nitrogens is 3. The van der Waals surface area contributed by atoms with E-state index in [1.54, 1.807) is 35.4 Å². The number of amides is 2. The smallest absolute Gasteiger partial charge is 0.257 e. The summed E-state index contributed by atoms with van der Waals surface area (Å²) in [5, 5.41) is 8.98. The van der Waals surface area contributed by atoms with Crippen LogP contribution in [0.4, 0.5) is 5.13 Å². The van der Waals surface area contributed by atoms with Gasteiger partial charge >= 0.3 is 0 Å². The zero-order chi connectivity index (χ0) is 21.8. The first kappa shape index (κ1) is 21.3. The number of thioether (sulfide) groups is 1. The van der Waals surface area contributed by atoms with Crippen molar-refractivity contribution >= 4 is 51.4 Å². The van der Waals surface area contributed by atoms with Crippen molar-refractivity contribution in [3.8, 4) is 16.3 Å². The number of imidazole rings is 1. The molecule has 0 bridgehead atoms. The summed E-state index contributed by atoms with van der Waals surface area (Å²) >= 11 is 4.49. The van der Waals surface area contributed by atoms with Gasteiger partial charge in [0.25, 0.3) is 5.91 Å². The Morgan fingerprint density at radius 3 is 2.90 bits per heavy atom. The summed E-state index contributed by atoms with van der Waals surface area (Å²) in [6.45, 7) is 2.00. The van der Waals surface area contributed by atoms with Crippen molar-refractivity contribution in [1.82, 2.24) is 19.9 Å². The summed E-state index contributed by atoms with van der Waals surface area (Å²) in [6.07, 6.45) is 5.57. The van der Waals surface area contributed by atoms with E-state index >= 15 is 0 Å². The Hall–Kier alpha value is -2.95. The molecule has 0 fully saturated rings. The van der Waals surface area contributed by atoms with Crippen LogP contribution < -0.4 is 10.6 Å². The number of benzene rings is 1. The Balaban J connectivity index is 1.46. The molecule has 0 spiro atoms. The van der Waals surface area contributed by atoms with Crippen molar-refractivity contribution in [3.63, 3.8) is 0 Å². The lowest BCUT2D eigenvalue weighted by atomic mass is 10.2. The number of carbonyl (C=O) groups is 2. The molecule has 10 heteroatoms. The maximum absolute atomic E-state index is 12.8. The molecule has 0 saturated carbocycles. The summed E-state index contributed by atoms with van der Waals surface area (Å²) in [5.74, 6) is -0.276. The molecule has 0 saturated heterocycles. The Morgan fingerprint density at radius 2 is 2.10 bits per heavy atom. The third-order valence-corrected chi connectivity index (χ3v) is 6.86. The summed E-state index contributed by atoms with van der Waals surface area (Å²) in [4.78, 5) is 34.7. The second kappa shape index (κ2) is 9.46. The molecule has 2 N–H and O–H groups in total. The average Bonchev–Trinajstić information content (AvgIpc) is 3.52. The van der Waals surface area contributed by atoms with Gasteiger partial charge in [0.05, 0.1) is 17.1 Å². The quantitative estimate of drug-likeness (QED) is 0.384. The van der Waals surface area contributed by atoms with E-state index in [1.165, 1.54) is 18.3 Å². The minimum absolute atomic E-state index is 0.0598. The number of hydrogen-bond donors (Lipinski definition) is 2. The Bertz CT molecular complexity index is 1230. The molecular weight excluding hydrogens is 450 g/mol. The molecule has 4 rings (SSSR count). The second-order valence-electron chi connectivity index (χ2n) is 6.50. The topological polar surface area (TPSA) is 88.9 Å². The van der Waals surface area contributed by atoms with Crippen LogP contribution in [0.25, 0.3) is 16.3 Å². The predicted octanol–water partition coefficient (Wildman–Crippen LogP) is 4.67. The van der Waals surface area contributed by atoms with E-state index < -0.39 is 0 Å².